The molecule has 2 aliphatic heterocycles. The maximum absolute atomic E-state index is 9.44. The summed E-state index contributed by atoms with van der Waals surface area (Å²) in [5, 5.41) is 9.44. The topological polar surface area (TPSA) is 80.9 Å². The van der Waals surface area contributed by atoms with Crippen LogP contribution >= 0.6 is 0 Å². The number of anilines is 2. The van der Waals surface area contributed by atoms with Gasteiger partial charge in [-0.1, -0.05) is 25.1 Å². The third kappa shape index (κ3) is 5.63. The Balaban J connectivity index is 1.67. The highest BCUT2D eigenvalue weighted by atomic mass is 16.5. The van der Waals surface area contributed by atoms with E-state index >= 15 is 0 Å². The number of allylic oxidation sites excluding steroid dienone is 1. The lowest BCUT2D eigenvalue weighted by molar-refractivity contribution is 0.122. The van der Waals surface area contributed by atoms with Gasteiger partial charge in [0.2, 0.25) is 5.95 Å². The van der Waals surface area contributed by atoms with Gasteiger partial charge in [0.25, 0.3) is 0 Å². The zero-order valence-electron chi connectivity index (χ0n) is 21.2. The normalized spacial score (nSPS) is 19.6. The monoisotopic (exact) mass is 473 g/mol. The molecule has 8 nitrogen and oxygen atoms in total. The van der Waals surface area contributed by atoms with Crippen LogP contribution in [0.15, 0.2) is 46.7 Å². The number of hydrogen-bond acceptors (Lipinski definition) is 8. The van der Waals surface area contributed by atoms with Crippen LogP contribution in [-0.4, -0.2) is 73.1 Å². The molecular weight excluding hydrogens is 438 g/mol. The first-order valence-electron chi connectivity index (χ1n) is 12.5. The molecule has 0 spiro atoms. The molecule has 2 aliphatic rings. The van der Waals surface area contributed by atoms with E-state index in [1.54, 1.807) is 6.21 Å². The van der Waals surface area contributed by atoms with Crippen molar-refractivity contribution < 1.29 is 4.74 Å². The summed E-state index contributed by atoms with van der Waals surface area (Å²) in [5.41, 5.74) is 3.98. The molecule has 2 fully saturated rings. The van der Waals surface area contributed by atoms with Crippen LogP contribution < -0.4 is 9.80 Å². The number of benzene rings is 1. The molecule has 0 radical (unpaired) electrons. The highest BCUT2D eigenvalue weighted by molar-refractivity contribution is 5.66. The number of rotatable bonds is 6. The van der Waals surface area contributed by atoms with Gasteiger partial charge in [-0.3, -0.25) is 0 Å². The molecule has 1 aromatic carbocycles. The molecule has 0 aliphatic carbocycles. The first kappa shape index (κ1) is 24.7. The summed E-state index contributed by atoms with van der Waals surface area (Å²) < 4.78 is 5.56. The van der Waals surface area contributed by atoms with Crippen LogP contribution in [0.25, 0.3) is 11.3 Å². The first-order valence-corrected chi connectivity index (χ1v) is 12.5. The fourth-order valence-electron chi connectivity index (χ4n) is 4.65. The van der Waals surface area contributed by atoms with Crippen LogP contribution in [0.5, 0.6) is 0 Å². The Hall–Kier alpha value is -3.44. The number of hydrogen-bond donors (Lipinski definition) is 0. The lowest BCUT2D eigenvalue weighted by Crippen LogP contribution is -2.52. The van der Waals surface area contributed by atoms with Gasteiger partial charge in [-0.05, 0) is 38.8 Å². The van der Waals surface area contributed by atoms with Gasteiger partial charge in [-0.2, -0.15) is 10.2 Å². The van der Waals surface area contributed by atoms with Crippen molar-refractivity contribution in [2.24, 2.45) is 4.99 Å². The van der Waals surface area contributed by atoms with E-state index in [0.717, 1.165) is 68.0 Å². The minimum absolute atomic E-state index is 0.194. The summed E-state index contributed by atoms with van der Waals surface area (Å²) in [6, 6.07) is 13.2. The van der Waals surface area contributed by atoms with E-state index in [4.69, 9.17) is 14.7 Å². The van der Waals surface area contributed by atoms with E-state index in [0.29, 0.717) is 18.8 Å². The predicted octanol–water partition coefficient (Wildman–Crippen LogP) is 3.90. The molecule has 0 amide bonds. The average molecular weight is 474 g/mol. The lowest BCUT2D eigenvalue weighted by Gasteiger charge is -2.42. The predicted molar refractivity (Wildman–Crippen MR) is 141 cm³/mol. The second-order valence-electron chi connectivity index (χ2n) is 9.00. The van der Waals surface area contributed by atoms with E-state index in [-0.39, 0.29) is 6.04 Å². The molecular formula is C27H35N7O. The van der Waals surface area contributed by atoms with Crippen molar-refractivity contribution in [2.75, 3.05) is 55.7 Å². The third-order valence-electron chi connectivity index (χ3n) is 6.60. The average Bonchev–Trinajstić information content (AvgIpc) is 2.91. The zero-order chi connectivity index (χ0) is 24.8. The summed E-state index contributed by atoms with van der Waals surface area (Å²) >= 11 is 0. The fraction of sp³-hybridized carbons (Fsp3) is 0.481. The second-order valence-corrected chi connectivity index (χ2v) is 9.00. The second kappa shape index (κ2) is 11.3. The molecule has 184 valence electrons. The fourth-order valence-corrected chi connectivity index (χ4v) is 4.65. The Morgan fingerprint density at radius 1 is 1.20 bits per heavy atom. The zero-order valence-corrected chi connectivity index (χ0v) is 21.2. The van der Waals surface area contributed by atoms with E-state index in [1.165, 1.54) is 5.56 Å². The molecule has 0 N–H and O–H groups in total. The molecule has 1 aromatic heterocycles. The van der Waals surface area contributed by atoms with Crippen LogP contribution in [0.3, 0.4) is 0 Å². The van der Waals surface area contributed by atoms with E-state index in [2.05, 4.69) is 69.9 Å². The summed E-state index contributed by atoms with van der Waals surface area (Å²) in [7, 11) is 0. The number of aromatic nitrogens is 2. The Labute approximate surface area is 208 Å². The summed E-state index contributed by atoms with van der Waals surface area (Å²) in [6.45, 7) is 13.4. The van der Waals surface area contributed by atoms with Gasteiger partial charge < -0.3 is 19.4 Å². The highest BCUT2D eigenvalue weighted by Gasteiger charge is 2.28. The van der Waals surface area contributed by atoms with Crippen LogP contribution in [0.1, 0.15) is 33.3 Å². The van der Waals surface area contributed by atoms with Crippen molar-refractivity contribution in [3.8, 4) is 17.3 Å². The Kier molecular flexibility index (Phi) is 7.98. The van der Waals surface area contributed by atoms with Crippen LogP contribution in [0.4, 0.5) is 11.8 Å². The first-order chi connectivity index (χ1) is 17.0. The van der Waals surface area contributed by atoms with E-state index in [9.17, 15) is 5.26 Å². The maximum Gasteiger partial charge on any atom is 0.228 e. The largest absolute Gasteiger partial charge is 0.378 e. The number of piperazine rings is 1. The van der Waals surface area contributed by atoms with Crippen LogP contribution in [0.2, 0.25) is 0 Å². The molecule has 1 atom stereocenters. The summed E-state index contributed by atoms with van der Waals surface area (Å²) in [6.07, 6.45) is 2.74. The van der Waals surface area contributed by atoms with Crippen molar-refractivity contribution in [3.05, 3.63) is 47.3 Å². The van der Waals surface area contributed by atoms with Gasteiger partial charge in [-0.25, -0.2) is 9.98 Å². The van der Waals surface area contributed by atoms with Crippen LogP contribution in [0, 0.1) is 11.3 Å². The molecule has 0 unspecified atom stereocenters. The molecule has 8 heteroatoms. The van der Waals surface area contributed by atoms with Crippen LogP contribution in [-0.2, 0) is 11.2 Å². The van der Waals surface area contributed by atoms with Gasteiger partial charge in [0, 0.05) is 56.6 Å². The number of nitrogens with zero attached hydrogens (tertiary/aromatic N) is 7. The van der Waals surface area contributed by atoms with E-state index in [1.807, 2.05) is 13.8 Å². The Morgan fingerprint density at radius 2 is 2.00 bits per heavy atom. The van der Waals surface area contributed by atoms with E-state index < -0.39 is 0 Å². The Bertz CT molecular complexity index is 1130. The van der Waals surface area contributed by atoms with Crippen molar-refractivity contribution in [3.63, 3.8) is 0 Å². The van der Waals surface area contributed by atoms with Crippen molar-refractivity contribution in [1.82, 2.24) is 14.9 Å². The molecule has 2 aromatic rings. The highest BCUT2D eigenvalue weighted by Crippen LogP contribution is 2.29. The molecule has 0 saturated carbocycles. The van der Waals surface area contributed by atoms with Gasteiger partial charge in [0.1, 0.15) is 11.6 Å². The lowest BCUT2D eigenvalue weighted by atomic mass is 10.1. The van der Waals surface area contributed by atoms with Crippen molar-refractivity contribution >= 4 is 18.0 Å². The standard InChI is InChI=1S/C27H35N7O/c1-5-22-8-7-9-23(16-22)24-17-25(31-27(30-24)32-12-14-35-15-13-32)34-11-10-33(19-21(34)4)26(29-6-2)20(3)18-28/h6-9,16-17,21H,5,10-15,19H2,1-4H3/b26-20-,29-6-/t21-/m1/s1. The molecule has 0 bridgehead atoms. The number of ether oxygens (including phenoxy) is 1. The SMILES string of the molecule is C/C=N\C(=C(/C)C#N)N1CCN(c2cc(-c3cccc(CC)c3)nc(N3CCOCC3)n2)[C@H](C)C1. The quantitative estimate of drug-likeness (QED) is 0.465. The molecule has 2 saturated heterocycles. The van der Waals surface area contributed by atoms with Gasteiger partial charge in [-0.15, -0.1) is 0 Å². The number of aryl methyl sites for hydroxylation is 1. The van der Waals surface area contributed by atoms with Crippen molar-refractivity contribution in [2.45, 2.75) is 40.2 Å². The molecule has 35 heavy (non-hydrogen) atoms. The number of morpholine rings is 1. The minimum atomic E-state index is 0.194. The minimum Gasteiger partial charge on any atom is -0.378 e. The smallest absolute Gasteiger partial charge is 0.228 e. The number of aliphatic imine (C=N–C) groups is 1. The maximum atomic E-state index is 9.44. The summed E-state index contributed by atoms with van der Waals surface area (Å²) in [4.78, 5) is 21.3. The van der Waals surface area contributed by atoms with Gasteiger partial charge in [0.15, 0.2) is 0 Å². The van der Waals surface area contributed by atoms with Gasteiger partial charge >= 0.3 is 0 Å². The third-order valence-corrected chi connectivity index (χ3v) is 6.60. The number of nitriles is 1. The molecule has 4 rings (SSSR count). The van der Waals surface area contributed by atoms with Crippen molar-refractivity contribution in [1.29, 1.82) is 5.26 Å². The summed E-state index contributed by atoms with van der Waals surface area (Å²) in [5.74, 6) is 2.45. The molecule has 3 heterocycles. The Morgan fingerprint density at radius 3 is 2.69 bits per heavy atom. The van der Waals surface area contributed by atoms with Gasteiger partial charge in [0.05, 0.1) is 30.6 Å².